The van der Waals surface area contributed by atoms with Crippen LogP contribution in [0.2, 0.25) is 0 Å². The van der Waals surface area contributed by atoms with Crippen molar-refractivity contribution in [1.29, 1.82) is 0 Å². The van der Waals surface area contributed by atoms with Crippen LogP contribution in [0.5, 0.6) is 0 Å². The van der Waals surface area contributed by atoms with Crippen molar-refractivity contribution in [2.24, 2.45) is 11.8 Å². The fraction of sp³-hybridized carbons (Fsp3) is 1.00. The molecule has 0 aliphatic heterocycles. The topological polar surface area (TPSA) is 0 Å². The largest absolute Gasteiger partial charge is 0.0628 e. The van der Waals surface area contributed by atoms with Gasteiger partial charge in [-0.3, -0.25) is 0 Å². The minimum absolute atomic E-state index is 0.896. The fourth-order valence-corrected chi connectivity index (χ4v) is 6.05. The molecule has 0 bridgehead atoms. The van der Waals surface area contributed by atoms with Crippen LogP contribution in [0.15, 0.2) is 0 Å². The van der Waals surface area contributed by atoms with Gasteiger partial charge in [0.05, 0.1) is 0 Å². The minimum Gasteiger partial charge on any atom is -0.0628 e. The Morgan fingerprint density at radius 2 is 0.289 bits per heavy atom. The molecule has 0 spiro atoms. The molecule has 0 radical (unpaired) electrons. The molecule has 0 rings (SSSR count). The van der Waals surface area contributed by atoms with Gasteiger partial charge in [0, 0.05) is 0 Å². The van der Waals surface area contributed by atoms with Crippen LogP contribution in [-0.2, 0) is 0 Å². The van der Waals surface area contributed by atoms with E-state index in [1.54, 1.807) is 0 Å². The van der Waals surface area contributed by atoms with E-state index in [1.807, 2.05) is 0 Å². The maximum atomic E-state index is 2.35. The molecular formula is C38H78. The van der Waals surface area contributed by atoms with E-state index in [2.05, 4.69) is 27.7 Å². The molecule has 0 saturated heterocycles. The van der Waals surface area contributed by atoms with Crippen LogP contribution in [-0.4, -0.2) is 0 Å². The van der Waals surface area contributed by atoms with E-state index >= 15 is 0 Å². The Hall–Kier alpha value is 0. The van der Waals surface area contributed by atoms with Gasteiger partial charge in [0.15, 0.2) is 0 Å². The summed E-state index contributed by atoms with van der Waals surface area (Å²) < 4.78 is 0. The number of hydrogen-bond donors (Lipinski definition) is 0. The molecular weight excluding hydrogens is 456 g/mol. The molecule has 0 saturated carbocycles. The van der Waals surface area contributed by atoms with E-state index in [0.29, 0.717) is 0 Å². The van der Waals surface area contributed by atoms with Crippen LogP contribution in [0.25, 0.3) is 0 Å². The molecule has 0 aliphatic rings. The summed E-state index contributed by atoms with van der Waals surface area (Å²) in [6.07, 6.45) is 47.5. The van der Waals surface area contributed by atoms with Crippen LogP contribution in [0, 0.1) is 11.8 Å². The van der Waals surface area contributed by atoms with Crippen molar-refractivity contribution in [3.63, 3.8) is 0 Å². The highest BCUT2D eigenvalue weighted by Gasteiger charge is 1.98. The first-order chi connectivity index (χ1) is 18.6. The number of unbranched alkanes of at least 4 members (excludes halogenated alkanes) is 29. The molecule has 0 heterocycles. The van der Waals surface area contributed by atoms with E-state index < -0.39 is 0 Å². The molecule has 0 aromatic rings. The summed E-state index contributed by atoms with van der Waals surface area (Å²) in [6.45, 7) is 9.40. The Morgan fingerprint density at radius 3 is 0.395 bits per heavy atom. The van der Waals surface area contributed by atoms with Crippen molar-refractivity contribution in [2.75, 3.05) is 0 Å². The number of hydrogen-bond acceptors (Lipinski definition) is 0. The van der Waals surface area contributed by atoms with Crippen molar-refractivity contribution < 1.29 is 0 Å². The van der Waals surface area contributed by atoms with Crippen LogP contribution >= 0.6 is 0 Å². The summed E-state index contributed by atoms with van der Waals surface area (Å²) in [5.74, 6) is 1.79. The van der Waals surface area contributed by atoms with E-state index in [0.717, 1.165) is 11.8 Å². The first-order valence-electron chi connectivity index (χ1n) is 18.6. The Kier molecular flexibility index (Phi) is 33.2. The molecule has 0 N–H and O–H groups in total. The second kappa shape index (κ2) is 33.2. The predicted molar refractivity (Wildman–Crippen MR) is 177 cm³/mol. The number of rotatable bonds is 33. The van der Waals surface area contributed by atoms with Gasteiger partial charge in [-0.05, 0) is 11.8 Å². The van der Waals surface area contributed by atoms with Gasteiger partial charge >= 0.3 is 0 Å². The standard InChI is InChI=1S/C38H78/c1-37(2)35-33-31-29-27-25-23-21-19-17-15-13-11-9-7-5-6-8-10-12-14-16-18-20-22-24-26-28-30-32-34-36-38(3)4/h37-38H,5-36H2,1-4H3. The highest BCUT2D eigenvalue weighted by Crippen LogP contribution is 2.17. The van der Waals surface area contributed by atoms with Gasteiger partial charge in [0.2, 0.25) is 0 Å². The lowest BCUT2D eigenvalue weighted by Gasteiger charge is -2.05. The Balaban J connectivity index is 3.03. The van der Waals surface area contributed by atoms with Crippen molar-refractivity contribution >= 4 is 0 Å². The molecule has 0 aliphatic carbocycles. The lowest BCUT2D eigenvalue weighted by Crippen LogP contribution is -1.87. The van der Waals surface area contributed by atoms with Crippen LogP contribution in [0.1, 0.15) is 233 Å². The second-order valence-electron chi connectivity index (χ2n) is 14.0. The molecule has 38 heavy (non-hydrogen) atoms. The second-order valence-corrected chi connectivity index (χ2v) is 14.0. The van der Waals surface area contributed by atoms with Crippen molar-refractivity contribution in [2.45, 2.75) is 233 Å². The molecule has 0 atom stereocenters. The van der Waals surface area contributed by atoms with Gasteiger partial charge in [-0.25, -0.2) is 0 Å². The third-order valence-corrected chi connectivity index (χ3v) is 8.81. The monoisotopic (exact) mass is 535 g/mol. The third-order valence-electron chi connectivity index (χ3n) is 8.81. The van der Waals surface area contributed by atoms with Gasteiger partial charge in [0.25, 0.3) is 0 Å². The fourth-order valence-electron chi connectivity index (χ4n) is 6.05. The van der Waals surface area contributed by atoms with Gasteiger partial charge in [-0.2, -0.15) is 0 Å². The zero-order chi connectivity index (χ0) is 27.8. The normalized spacial score (nSPS) is 11.8. The minimum atomic E-state index is 0.896. The lowest BCUT2D eigenvalue weighted by atomic mass is 10.0. The van der Waals surface area contributed by atoms with E-state index in [1.165, 1.54) is 205 Å². The highest BCUT2D eigenvalue weighted by atomic mass is 14.0. The van der Waals surface area contributed by atoms with Gasteiger partial charge in [0.1, 0.15) is 0 Å². The molecule has 0 aromatic carbocycles. The zero-order valence-electron chi connectivity index (χ0n) is 27.8. The molecule has 0 fully saturated rings. The summed E-state index contributed by atoms with van der Waals surface area (Å²) in [7, 11) is 0. The molecule has 0 aromatic heterocycles. The highest BCUT2D eigenvalue weighted by molar-refractivity contribution is 4.53. The quantitative estimate of drug-likeness (QED) is 0.0734. The summed E-state index contributed by atoms with van der Waals surface area (Å²) in [5, 5.41) is 0. The first kappa shape index (κ1) is 38.0. The van der Waals surface area contributed by atoms with Crippen molar-refractivity contribution in [3.05, 3.63) is 0 Å². The molecule has 0 unspecified atom stereocenters. The summed E-state index contributed by atoms with van der Waals surface area (Å²) >= 11 is 0. The smallest absolute Gasteiger partial charge is 0.0471 e. The van der Waals surface area contributed by atoms with Crippen molar-refractivity contribution in [1.82, 2.24) is 0 Å². The SMILES string of the molecule is CC(C)CCCCCCCCCCCCCCCCCCCCCCCCCCCCCCCCC(C)C. The molecule has 0 nitrogen and oxygen atoms in total. The maximum absolute atomic E-state index is 2.35. The molecule has 0 amide bonds. The Labute approximate surface area is 244 Å². The molecule has 230 valence electrons. The van der Waals surface area contributed by atoms with Gasteiger partial charge < -0.3 is 0 Å². The van der Waals surface area contributed by atoms with E-state index in [-0.39, 0.29) is 0 Å². The predicted octanol–water partition coefficient (Wildman–Crippen LogP) is 14.8. The average molecular weight is 535 g/mol. The van der Waals surface area contributed by atoms with Gasteiger partial charge in [-0.1, -0.05) is 233 Å². The maximum Gasteiger partial charge on any atom is -0.0471 e. The summed E-state index contributed by atoms with van der Waals surface area (Å²) in [5.41, 5.74) is 0. The Bertz CT molecular complexity index is 357. The lowest BCUT2D eigenvalue weighted by molar-refractivity contribution is 0.498. The zero-order valence-corrected chi connectivity index (χ0v) is 27.8. The molecule has 0 heteroatoms. The first-order valence-corrected chi connectivity index (χ1v) is 18.6. The summed E-state index contributed by atoms with van der Waals surface area (Å²) in [4.78, 5) is 0. The average Bonchev–Trinajstić information content (AvgIpc) is 2.89. The van der Waals surface area contributed by atoms with E-state index in [4.69, 9.17) is 0 Å². The van der Waals surface area contributed by atoms with Crippen LogP contribution in [0.4, 0.5) is 0 Å². The summed E-state index contributed by atoms with van der Waals surface area (Å²) in [6, 6.07) is 0. The Morgan fingerprint density at radius 1 is 0.184 bits per heavy atom. The van der Waals surface area contributed by atoms with E-state index in [9.17, 15) is 0 Å². The van der Waals surface area contributed by atoms with Crippen LogP contribution in [0.3, 0.4) is 0 Å². The van der Waals surface area contributed by atoms with Gasteiger partial charge in [-0.15, -0.1) is 0 Å². The van der Waals surface area contributed by atoms with Crippen LogP contribution < -0.4 is 0 Å². The van der Waals surface area contributed by atoms with Crippen molar-refractivity contribution in [3.8, 4) is 0 Å². The third kappa shape index (κ3) is 36.0.